The van der Waals surface area contributed by atoms with E-state index in [1.54, 1.807) is 0 Å². The van der Waals surface area contributed by atoms with E-state index in [1.807, 2.05) is 0 Å². The Morgan fingerprint density at radius 2 is 1.02 bits per heavy atom. The zero-order chi connectivity index (χ0) is 32.2. The standard InChI is InChI=1S/C22H33N6O13/c23-3-1-2-9(18(38)10(24)4-14(30)31)22(8-29,19(39)11(25)5-15(32)33)28(20(40)12(26)6-16(34)35)21(41)13(27)7-17(36)37/h9-13H,1-7,23-27H2,(H,30,31)(H,32,33)(H,34,35)(H,36,37). The van der Waals surface area contributed by atoms with Crippen LogP contribution in [0, 0.1) is 5.92 Å². The van der Waals surface area contributed by atoms with Crippen molar-refractivity contribution in [2.24, 2.45) is 34.6 Å². The van der Waals surface area contributed by atoms with Crippen molar-refractivity contribution < 1.29 is 63.6 Å². The number of carboxylic acids is 4. The molecule has 0 aromatic heterocycles. The maximum absolute atomic E-state index is 13.8. The topological polar surface area (TPSA) is 368 Å². The summed E-state index contributed by atoms with van der Waals surface area (Å²) in [7, 11) is 0. The van der Waals surface area contributed by atoms with Crippen molar-refractivity contribution in [2.75, 3.05) is 6.54 Å². The van der Waals surface area contributed by atoms with Crippen LogP contribution in [-0.2, 0) is 43.2 Å². The van der Waals surface area contributed by atoms with E-state index >= 15 is 0 Å². The highest BCUT2D eigenvalue weighted by Crippen LogP contribution is 2.34. The molecule has 0 saturated carbocycles. The highest BCUT2D eigenvalue weighted by Gasteiger charge is 2.60. The molecule has 41 heavy (non-hydrogen) atoms. The fourth-order valence-corrected chi connectivity index (χ4v) is 3.93. The van der Waals surface area contributed by atoms with E-state index in [9.17, 15) is 43.2 Å². The van der Waals surface area contributed by atoms with E-state index in [4.69, 9.17) is 49.1 Å². The lowest BCUT2D eigenvalue weighted by Gasteiger charge is -2.44. The molecule has 14 N–H and O–H groups in total. The summed E-state index contributed by atoms with van der Waals surface area (Å²) < 4.78 is 0. The van der Waals surface area contributed by atoms with Crippen LogP contribution in [0.3, 0.4) is 0 Å². The van der Waals surface area contributed by atoms with Gasteiger partial charge in [0.2, 0.25) is 18.1 Å². The molecule has 19 heteroatoms. The van der Waals surface area contributed by atoms with Crippen molar-refractivity contribution in [1.29, 1.82) is 0 Å². The molecule has 2 amide bonds. The van der Waals surface area contributed by atoms with E-state index in [0.29, 0.717) is 0 Å². The zero-order valence-electron chi connectivity index (χ0n) is 21.6. The number of carboxylic acid groups (broad SMARTS) is 4. The summed E-state index contributed by atoms with van der Waals surface area (Å²) in [5.74, 6) is -15.9. The van der Waals surface area contributed by atoms with Gasteiger partial charge in [-0.05, 0) is 19.4 Å². The first-order valence-electron chi connectivity index (χ1n) is 11.8. The van der Waals surface area contributed by atoms with Crippen molar-refractivity contribution in [3.8, 4) is 0 Å². The molecular weight excluding hydrogens is 556 g/mol. The predicted molar refractivity (Wildman–Crippen MR) is 133 cm³/mol. The third-order valence-electron chi connectivity index (χ3n) is 5.78. The van der Waals surface area contributed by atoms with Crippen LogP contribution in [0.2, 0.25) is 0 Å². The molecule has 0 bridgehead atoms. The highest BCUT2D eigenvalue weighted by molar-refractivity contribution is 6.18. The Hall–Kier alpha value is -4.17. The van der Waals surface area contributed by atoms with Crippen molar-refractivity contribution in [2.45, 2.75) is 68.2 Å². The van der Waals surface area contributed by atoms with E-state index < -0.39 is 115 Å². The van der Waals surface area contributed by atoms with Gasteiger partial charge in [-0.25, -0.2) is 0 Å². The van der Waals surface area contributed by atoms with Crippen LogP contribution in [0.25, 0.3) is 0 Å². The minimum atomic E-state index is -3.56. The number of rotatable bonds is 20. The third kappa shape index (κ3) is 9.76. The average molecular weight is 590 g/mol. The Balaban J connectivity index is 7.80. The van der Waals surface area contributed by atoms with Crippen molar-refractivity contribution in [3.63, 3.8) is 0 Å². The molecule has 0 rings (SSSR count). The van der Waals surface area contributed by atoms with Gasteiger partial charge in [-0.15, -0.1) is 0 Å². The molecule has 0 aromatic carbocycles. The lowest BCUT2D eigenvalue weighted by molar-refractivity contribution is -0.163. The van der Waals surface area contributed by atoms with Crippen molar-refractivity contribution in [1.82, 2.24) is 4.90 Å². The molecule has 19 nitrogen and oxygen atoms in total. The molecule has 229 valence electrons. The summed E-state index contributed by atoms with van der Waals surface area (Å²) in [6.45, 7) is -0.249. The first kappa shape index (κ1) is 36.8. The summed E-state index contributed by atoms with van der Waals surface area (Å²) in [5, 5.41) is 36.5. The second-order valence-electron chi connectivity index (χ2n) is 8.95. The number of hydrogen-bond donors (Lipinski definition) is 9. The lowest BCUT2D eigenvalue weighted by Crippen LogP contribution is -2.73. The van der Waals surface area contributed by atoms with Gasteiger partial charge in [-0.1, -0.05) is 0 Å². The van der Waals surface area contributed by atoms with Gasteiger partial charge in [0, 0.05) is 0 Å². The fourth-order valence-electron chi connectivity index (χ4n) is 3.93. The number of carbonyl (C=O) groups excluding carboxylic acids is 5. The van der Waals surface area contributed by atoms with Gasteiger partial charge in [0.15, 0.2) is 17.1 Å². The monoisotopic (exact) mass is 589 g/mol. The summed E-state index contributed by atoms with van der Waals surface area (Å²) in [5.41, 5.74) is 24.5. The number of Topliss-reactive ketones (excluding diaryl/α,β-unsaturated/α-hetero) is 2. The van der Waals surface area contributed by atoms with Crippen LogP contribution in [0.15, 0.2) is 0 Å². The summed E-state index contributed by atoms with van der Waals surface area (Å²) in [4.78, 5) is 112. The number of ketones is 2. The van der Waals surface area contributed by atoms with Gasteiger partial charge >= 0.3 is 23.9 Å². The van der Waals surface area contributed by atoms with Crippen molar-refractivity contribution in [3.05, 3.63) is 0 Å². The number of nitrogens with two attached hydrogens (primary N) is 5. The van der Waals surface area contributed by atoms with Gasteiger partial charge in [-0.3, -0.25) is 48.1 Å². The van der Waals surface area contributed by atoms with Crippen LogP contribution in [0.5, 0.6) is 0 Å². The Labute approximate surface area is 231 Å². The minimum Gasteiger partial charge on any atom is -0.481 e. The van der Waals surface area contributed by atoms with Gasteiger partial charge in [0.1, 0.15) is 0 Å². The predicted octanol–water partition coefficient (Wildman–Crippen LogP) is -5.11. The Morgan fingerprint density at radius 3 is 1.37 bits per heavy atom. The molecule has 0 aliphatic carbocycles. The molecule has 0 aromatic rings. The molecule has 0 spiro atoms. The van der Waals surface area contributed by atoms with E-state index in [-0.39, 0.29) is 17.9 Å². The molecule has 0 heterocycles. The maximum Gasteiger partial charge on any atom is 0.305 e. The zero-order valence-corrected chi connectivity index (χ0v) is 21.6. The van der Waals surface area contributed by atoms with Gasteiger partial charge < -0.3 is 49.1 Å². The minimum absolute atomic E-state index is 0.249. The van der Waals surface area contributed by atoms with E-state index in [2.05, 4.69) is 0 Å². The number of carbonyl (C=O) groups is 8. The second-order valence-corrected chi connectivity index (χ2v) is 8.95. The van der Waals surface area contributed by atoms with Gasteiger partial charge in [0.25, 0.3) is 0 Å². The van der Waals surface area contributed by atoms with E-state index in [1.165, 1.54) is 0 Å². The summed E-state index contributed by atoms with van der Waals surface area (Å²) in [6.07, 6.45) is -4.60. The van der Waals surface area contributed by atoms with Gasteiger partial charge in [-0.2, -0.15) is 0 Å². The fraction of sp³-hybridized carbons (Fsp3) is 0.591. The largest absolute Gasteiger partial charge is 0.481 e. The smallest absolute Gasteiger partial charge is 0.305 e. The Morgan fingerprint density at radius 1 is 0.659 bits per heavy atom. The molecule has 1 radical (unpaired) electrons. The highest BCUT2D eigenvalue weighted by atomic mass is 16.4. The summed E-state index contributed by atoms with van der Waals surface area (Å²) in [6, 6.07) is -8.67. The quantitative estimate of drug-likeness (QED) is 0.0599. The normalized spacial score (nSPS) is 16.1. The first-order chi connectivity index (χ1) is 18.9. The molecule has 6 unspecified atom stereocenters. The van der Waals surface area contributed by atoms with Gasteiger partial charge in [0.05, 0.1) is 55.8 Å². The number of amides is 2. The Kier molecular flexibility index (Phi) is 14.5. The maximum atomic E-state index is 13.8. The first-order valence-corrected chi connectivity index (χ1v) is 11.8. The SMILES string of the molecule is NCCCC(C(=O)C(N)CC(=O)O)C([C]=O)(C(=O)C(N)CC(=O)O)N(C(=O)C(N)CC(=O)O)C(=O)C(N)CC(=O)O. The third-order valence-corrected chi connectivity index (χ3v) is 5.78. The molecule has 0 saturated heterocycles. The van der Waals surface area contributed by atoms with E-state index in [0.717, 1.165) is 6.29 Å². The average Bonchev–Trinajstić information content (AvgIpc) is 2.85. The second kappa shape index (κ2) is 16.2. The van der Waals surface area contributed by atoms with Crippen molar-refractivity contribution >= 4 is 53.5 Å². The lowest BCUT2D eigenvalue weighted by atomic mass is 9.70. The molecule has 6 atom stereocenters. The number of nitrogens with zero attached hydrogens (tertiary/aromatic N) is 1. The van der Waals surface area contributed by atoms with Crippen LogP contribution >= 0.6 is 0 Å². The van der Waals surface area contributed by atoms with Crippen LogP contribution in [0.1, 0.15) is 38.5 Å². The number of imide groups is 1. The molecule has 0 aliphatic rings. The molecule has 0 aliphatic heterocycles. The molecule has 0 fully saturated rings. The Bertz CT molecular complexity index is 1030. The number of hydrogen-bond acceptors (Lipinski definition) is 14. The van der Waals surface area contributed by atoms with Crippen LogP contribution < -0.4 is 28.7 Å². The number of aliphatic carboxylic acids is 4. The molecular formula is C22H33N6O13. The van der Waals surface area contributed by atoms with Crippen LogP contribution in [-0.4, -0.2) is 115 Å². The summed E-state index contributed by atoms with van der Waals surface area (Å²) >= 11 is 0. The van der Waals surface area contributed by atoms with Crippen LogP contribution in [0.4, 0.5) is 0 Å².